The van der Waals surface area contributed by atoms with Gasteiger partial charge in [0.05, 0.1) is 27.9 Å². The average molecular weight is 454 g/mol. The molecular formula is C19H28Cl4N4. The first kappa shape index (κ1) is 26.1. The van der Waals surface area contributed by atoms with Crippen LogP contribution in [0.4, 0.5) is 5.69 Å². The molecule has 0 radical (unpaired) electrons. The average Bonchev–Trinajstić information content (AvgIpc) is 2.93. The third-order valence-corrected chi connectivity index (χ3v) is 4.99. The van der Waals surface area contributed by atoms with Gasteiger partial charge < -0.3 is 4.90 Å². The van der Waals surface area contributed by atoms with Gasteiger partial charge in [-0.3, -0.25) is 4.40 Å². The third-order valence-electron chi connectivity index (χ3n) is 4.99. The van der Waals surface area contributed by atoms with Gasteiger partial charge in [-0.05, 0) is 51.3 Å². The second-order valence-corrected chi connectivity index (χ2v) is 6.57. The lowest BCUT2D eigenvalue weighted by molar-refractivity contribution is 0.578. The molecule has 1 aliphatic heterocycles. The molecule has 1 saturated heterocycles. The molecule has 152 valence electrons. The highest BCUT2D eigenvalue weighted by Gasteiger charge is 2.16. The smallest absolute Gasteiger partial charge is 0.113 e. The van der Waals surface area contributed by atoms with Gasteiger partial charge in [0, 0.05) is 25.2 Å². The number of hydrogen-bond acceptors (Lipinski definition) is 3. The number of nitrogens with zero attached hydrogens (tertiary/aromatic N) is 4. The topological polar surface area (TPSA) is 33.4 Å². The van der Waals surface area contributed by atoms with Crippen LogP contribution in [0.15, 0.2) is 18.2 Å². The maximum Gasteiger partial charge on any atom is 0.113 e. The lowest BCUT2D eigenvalue weighted by Gasteiger charge is -2.29. The van der Waals surface area contributed by atoms with Crippen molar-refractivity contribution in [1.29, 1.82) is 0 Å². The van der Waals surface area contributed by atoms with E-state index in [1.807, 2.05) is 0 Å². The minimum Gasteiger partial charge on any atom is -0.371 e. The van der Waals surface area contributed by atoms with Crippen LogP contribution in [0.5, 0.6) is 0 Å². The number of piperidine rings is 1. The highest BCUT2D eigenvalue weighted by Crippen LogP contribution is 2.28. The number of benzene rings is 1. The van der Waals surface area contributed by atoms with Crippen LogP contribution in [0.3, 0.4) is 0 Å². The summed E-state index contributed by atoms with van der Waals surface area (Å²) in [6.07, 6.45) is 4.88. The minimum atomic E-state index is 0. The first-order valence-electron chi connectivity index (χ1n) is 8.72. The van der Waals surface area contributed by atoms with Crippen LogP contribution in [-0.2, 0) is 6.42 Å². The third kappa shape index (κ3) is 4.56. The maximum absolute atomic E-state index is 4.82. The Morgan fingerprint density at radius 3 is 2.15 bits per heavy atom. The summed E-state index contributed by atoms with van der Waals surface area (Å²) < 4.78 is 2.32. The molecule has 3 aromatic rings. The quantitative estimate of drug-likeness (QED) is 0.495. The predicted octanol–water partition coefficient (Wildman–Crippen LogP) is 5.74. The number of aryl methyl sites for hydroxylation is 3. The molecule has 1 aromatic carbocycles. The Balaban J connectivity index is 0.00000169. The van der Waals surface area contributed by atoms with E-state index in [-0.39, 0.29) is 49.6 Å². The van der Waals surface area contributed by atoms with E-state index in [0.717, 1.165) is 42.2 Å². The molecule has 0 spiro atoms. The SMILES string of the molecule is CCc1nc(C)c2c(C)nc3ccc(N4CCCCC4)cc3n12.Cl.Cl.Cl.Cl. The second-order valence-electron chi connectivity index (χ2n) is 6.57. The number of anilines is 1. The van der Waals surface area contributed by atoms with E-state index in [2.05, 4.69) is 48.3 Å². The van der Waals surface area contributed by atoms with Gasteiger partial charge in [0.25, 0.3) is 0 Å². The van der Waals surface area contributed by atoms with Crippen molar-refractivity contribution in [3.8, 4) is 0 Å². The van der Waals surface area contributed by atoms with Gasteiger partial charge in [-0.15, -0.1) is 49.6 Å². The molecule has 0 unspecified atom stereocenters. The van der Waals surface area contributed by atoms with Crippen molar-refractivity contribution >= 4 is 71.9 Å². The van der Waals surface area contributed by atoms with Gasteiger partial charge in [0.2, 0.25) is 0 Å². The first-order valence-corrected chi connectivity index (χ1v) is 8.72. The van der Waals surface area contributed by atoms with E-state index < -0.39 is 0 Å². The second kappa shape index (κ2) is 10.6. The summed E-state index contributed by atoms with van der Waals surface area (Å²) in [5.41, 5.74) is 6.88. The van der Waals surface area contributed by atoms with Crippen molar-refractivity contribution < 1.29 is 0 Å². The predicted molar refractivity (Wildman–Crippen MR) is 124 cm³/mol. The molecule has 27 heavy (non-hydrogen) atoms. The maximum atomic E-state index is 4.82. The Kier molecular flexibility index (Phi) is 10.2. The van der Waals surface area contributed by atoms with Crippen LogP contribution in [0.2, 0.25) is 0 Å². The lowest BCUT2D eigenvalue weighted by Crippen LogP contribution is -2.29. The normalized spacial score (nSPS) is 13.4. The van der Waals surface area contributed by atoms with Crippen LogP contribution in [0.25, 0.3) is 16.6 Å². The number of aromatic nitrogens is 3. The Labute approximate surface area is 185 Å². The van der Waals surface area contributed by atoms with Gasteiger partial charge in [-0.2, -0.15) is 0 Å². The highest BCUT2D eigenvalue weighted by molar-refractivity contribution is 5.86. The molecule has 4 rings (SSSR count). The molecule has 8 heteroatoms. The highest BCUT2D eigenvalue weighted by atomic mass is 35.5. The molecule has 4 nitrogen and oxygen atoms in total. The summed E-state index contributed by atoms with van der Waals surface area (Å²) in [4.78, 5) is 12.1. The molecule has 3 heterocycles. The molecule has 0 saturated carbocycles. The number of imidazole rings is 1. The summed E-state index contributed by atoms with van der Waals surface area (Å²) in [6, 6.07) is 6.70. The van der Waals surface area contributed by atoms with E-state index in [1.165, 1.54) is 36.0 Å². The van der Waals surface area contributed by atoms with Crippen molar-refractivity contribution in [2.75, 3.05) is 18.0 Å². The standard InChI is InChI=1S/C19H24N4.4ClH/c1-4-18-21-14(3)19-13(2)20-16-9-8-15(12-17(16)23(18)19)22-10-6-5-7-11-22;;;;/h8-9,12H,4-7,10-11H2,1-3H3;4*1H. The van der Waals surface area contributed by atoms with Gasteiger partial charge in [0.15, 0.2) is 0 Å². The van der Waals surface area contributed by atoms with Gasteiger partial charge in [0.1, 0.15) is 5.82 Å². The van der Waals surface area contributed by atoms with Crippen molar-refractivity contribution in [2.45, 2.75) is 46.5 Å². The Bertz CT molecular complexity index is 888. The molecule has 1 aliphatic rings. The monoisotopic (exact) mass is 452 g/mol. The minimum absolute atomic E-state index is 0. The van der Waals surface area contributed by atoms with Crippen LogP contribution < -0.4 is 4.90 Å². The Morgan fingerprint density at radius 2 is 1.52 bits per heavy atom. The van der Waals surface area contributed by atoms with Crippen molar-refractivity contribution in [2.24, 2.45) is 0 Å². The zero-order valence-corrected chi connectivity index (χ0v) is 19.2. The van der Waals surface area contributed by atoms with E-state index in [1.54, 1.807) is 0 Å². The van der Waals surface area contributed by atoms with E-state index in [4.69, 9.17) is 9.97 Å². The fourth-order valence-corrected chi connectivity index (χ4v) is 3.88. The van der Waals surface area contributed by atoms with E-state index in [0.29, 0.717) is 0 Å². The van der Waals surface area contributed by atoms with Crippen molar-refractivity contribution in [3.63, 3.8) is 0 Å². The Hall–Kier alpha value is -0.940. The molecule has 1 fully saturated rings. The zero-order valence-electron chi connectivity index (χ0n) is 15.9. The van der Waals surface area contributed by atoms with Crippen molar-refractivity contribution in [1.82, 2.24) is 14.4 Å². The summed E-state index contributed by atoms with van der Waals surface area (Å²) in [5, 5.41) is 0. The first-order chi connectivity index (χ1) is 11.2. The van der Waals surface area contributed by atoms with Crippen LogP contribution in [0.1, 0.15) is 43.4 Å². The lowest BCUT2D eigenvalue weighted by atomic mass is 10.1. The molecule has 0 N–H and O–H groups in total. The molecule has 0 aliphatic carbocycles. The molecule has 0 atom stereocenters. The molecule has 0 bridgehead atoms. The van der Waals surface area contributed by atoms with Gasteiger partial charge in [-0.1, -0.05) is 6.92 Å². The largest absolute Gasteiger partial charge is 0.371 e. The zero-order chi connectivity index (χ0) is 16.0. The van der Waals surface area contributed by atoms with E-state index >= 15 is 0 Å². The van der Waals surface area contributed by atoms with Gasteiger partial charge in [-0.25, -0.2) is 9.97 Å². The van der Waals surface area contributed by atoms with Crippen LogP contribution in [-0.4, -0.2) is 27.5 Å². The molecule has 2 aromatic heterocycles. The summed E-state index contributed by atoms with van der Waals surface area (Å²) >= 11 is 0. The van der Waals surface area contributed by atoms with Gasteiger partial charge >= 0.3 is 0 Å². The summed E-state index contributed by atoms with van der Waals surface area (Å²) in [5.74, 6) is 1.13. The van der Waals surface area contributed by atoms with Crippen LogP contribution in [0, 0.1) is 13.8 Å². The van der Waals surface area contributed by atoms with E-state index in [9.17, 15) is 0 Å². The summed E-state index contributed by atoms with van der Waals surface area (Å²) in [7, 11) is 0. The fraction of sp³-hybridized carbons (Fsp3) is 0.474. The Morgan fingerprint density at radius 1 is 0.889 bits per heavy atom. The number of halogens is 4. The molecule has 0 amide bonds. The summed E-state index contributed by atoms with van der Waals surface area (Å²) in [6.45, 7) is 8.67. The number of fused-ring (bicyclic) bond motifs is 3. The number of hydrogen-bond donors (Lipinski definition) is 0. The fourth-order valence-electron chi connectivity index (χ4n) is 3.88. The van der Waals surface area contributed by atoms with Crippen molar-refractivity contribution in [3.05, 3.63) is 35.4 Å². The molecular weight excluding hydrogens is 426 g/mol. The van der Waals surface area contributed by atoms with Crippen LogP contribution >= 0.6 is 49.6 Å². The number of rotatable bonds is 2.